The molecule has 0 unspecified atom stereocenters. The van der Waals surface area contributed by atoms with Crippen molar-refractivity contribution in [3.8, 4) is 5.88 Å². The van der Waals surface area contributed by atoms with Gasteiger partial charge in [0.25, 0.3) is 0 Å². The van der Waals surface area contributed by atoms with Crippen LogP contribution in [0.5, 0.6) is 5.88 Å². The number of hydrogen-bond acceptors (Lipinski definition) is 5. The Morgan fingerprint density at radius 3 is 2.48 bits per heavy atom. The van der Waals surface area contributed by atoms with Gasteiger partial charge in [-0.05, 0) is 6.26 Å². The topological polar surface area (TPSA) is 64.1 Å². The van der Waals surface area contributed by atoms with E-state index in [1.807, 2.05) is 6.26 Å². The summed E-state index contributed by atoms with van der Waals surface area (Å²) >= 11 is 18.9. The molecule has 0 spiro atoms. The summed E-state index contributed by atoms with van der Waals surface area (Å²) in [5.74, 6) is -0.0992. The van der Waals surface area contributed by atoms with E-state index in [0.29, 0.717) is 5.16 Å². The van der Waals surface area contributed by atoms with Crippen LogP contribution in [0.25, 0.3) is 0 Å². The van der Waals surface area contributed by atoms with Gasteiger partial charge in [0, 0.05) is 17.7 Å². The van der Waals surface area contributed by atoms with Crippen molar-refractivity contribution in [3.63, 3.8) is 0 Å². The summed E-state index contributed by atoms with van der Waals surface area (Å²) in [6.07, 6.45) is 2.18. The zero-order chi connectivity index (χ0) is 16.3. The third kappa shape index (κ3) is 6.06. The third-order valence-corrected chi connectivity index (χ3v) is 3.43. The predicted octanol–water partition coefficient (Wildman–Crippen LogP) is 3.44. The molecule has 0 aliphatic heterocycles. The molecular weight excluding hydrogens is 357 g/mol. The lowest BCUT2D eigenvalue weighted by atomic mass is 9.96. The number of thioether (sulfide) groups is 1. The molecule has 5 nitrogen and oxygen atoms in total. The number of carbonyl (C=O) groups excluding carboxylic acids is 1. The van der Waals surface area contributed by atoms with E-state index in [4.69, 9.17) is 39.5 Å². The van der Waals surface area contributed by atoms with Crippen LogP contribution < -0.4 is 10.1 Å². The molecule has 1 atom stereocenters. The first-order valence-corrected chi connectivity index (χ1v) is 8.31. The van der Waals surface area contributed by atoms with Gasteiger partial charge in [0.05, 0.1) is 0 Å². The van der Waals surface area contributed by atoms with Crippen molar-refractivity contribution in [2.24, 2.45) is 5.41 Å². The van der Waals surface area contributed by atoms with Gasteiger partial charge < -0.3 is 10.1 Å². The summed E-state index contributed by atoms with van der Waals surface area (Å²) < 4.78 is 3.65. The number of alkyl halides is 3. The number of rotatable bonds is 4. The second kappa shape index (κ2) is 7.22. The van der Waals surface area contributed by atoms with E-state index in [0.717, 1.165) is 0 Å². The van der Waals surface area contributed by atoms with E-state index in [1.165, 1.54) is 24.0 Å². The molecule has 0 saturated carbocycles. The van der Waals surface area contributed by atoms with E-state index in [-0.39, 0.29) is 11.8 Å². The average Bonchev–Trinajstić information content (AvgIpc) is 2.36. The van der Waals surface area contributed by atoms with Crippen LogP contribution in [0.2, 0.25) is 0 Å². The maximum atomic E-state index is 12.0. The van der Waals surface area contributed by atoms with Gasteiger partial charge in [0.2, 0.25) is 21.8 Å². The van der Waals surface area contributed by atoms with Crippen LogP contribution in [0.4, 0.5) is 0 Å². The second-order valence-corrected chi connectivity index (χ2v) is 8.29. The molecule has 0 fully saturated rings. The maximum absolute atomic E-state index is 12.0. The van der Waals surface area contributed by atoms with Crippen molar-refractivity contribution in [1.82, 2.24) is 15.3 Å². The van der Waals surface area contributed by atoms with Crippen LogP contribution in [0, 0.1) is 5.41 Å². The number of halogens is 3. The summed E-state index contributed by atoms with van der Waals surface area (Å²) in [6.45, 7) is 5.23. The Kier molecular flexibility index (Phi) is 6.40. The minimum absolute atomic E-state index is 0.208. The molecular formula is C12H16Cl3N3O2S. The van der Waals surface area contributed by atoms with Crippen molar-refractivity contribution >= 4 is 52.5 Å². The van der Waals surface area contributed by atoms with E-state index >= 15 is 0 Å². The van der Waals surface area contributed by atoms with Gasteiger partial charge in [0.1, 0.15) is 0 Å². The molecule has 9 heteroatoms. The van der Waals surface area contributed by atoms with Crippen LogP contribution in [0.1, 0.15) is 20.8 Å². The summed E-state index contributed by atoms with van der Waals surface area (Å²) in [5, 5.41) is 3.07. The van der Waals surface area contributed by atoms with Crippen molar-refractivity contribution in [3.05, 3.63) is 12.3 Å². The van der Waals surface area contributed by atoms with Gasteiger partial charge in [0.15, 0.2) is 5.16 Å². The lowest BCUT2D eigenvalue weighted by Gasteiger charge is -2.28. The highest BCUT2D eigenvalue weighted by atomic mass is 35.6. The first-order chi connectivity index (χ1) is 9.54. The highest BCUT2D eigenvalue weighted by Gasteiger charge is 2.38. The molecule has 1 heterocycles. The Morgan fingerprint density at radius 2 is 2.00 bits per heavy atom. The average molecular weight is 373 g/mol. The van der Waals surface area contributed by atoms with E-state index < -0.39 is 15.4 Å². The highest BCUT2D eigenvalue weighted by molar-refractivity contribution is 7.98. The van der Waals surface area contributed by atoms with Crippen LogP contribution in [-0.2, 0) is 4.79 Å². The van der Waals surface area contributed by atoms with E-state index in [9.17, 15) is 4.79 Å². The van der Waals surface area contributed by atoms with Gasteiger partial charge in [-0.2, -0.15) is 4.98 Å². The molecule has 1 aromatic rings. The SMILES string of the molecule is CSc1nccc(O[C@@H](NC(=O)C(C)(C)C)C(Cl)(Cl)Cl)n1. The first-order valence-electron chi connectivity index (χ1n) is 5.95. The zero-order valence-corrected chi connectivity index (χ0v) is 15.1. The van der Waals surface area contributed by atoms with Crippen LogP contribution >= 0.6 is 46.6 Å². The van der Waals surface area contributed by atoms with Gasteiger partial charge in [-0.1, -0.05) is 67.3 Å². The standard InChI is InChI=1S/C12H16Cl3N3O2S/c1-11(2,3)8(19)18-9(12(13,14)15)20-7-5-6-16-10(17-7)21-4/h5-6,9H,1-4H3,(H,18,19)/t9-/m1/s1. The molecule has 0 aromatic carbocycles. The fraction of sp³-hybridized carbons (Fsp3) is 0.583. The zero-order valence-electron chi connectivity index (χ0n) is 12.0. The highest BCUT2D eigenvalue weighted by Crippen LogP contribution is 2.32. The Hall–Kier alpha value is -0.430. The number of hydrogen-bond donors (Lipinski definition) is 1. The number of nitrogens with zero attached hydrogens (tertiary/aromatic N) is 2. The number of carbonyl (C=O) groups is 1. The smallest absolute Gasteiger partial charge is 0.246 e. The summed E-state index contributed by atoms with van der Waals surface area (Å²) in [7, 11) is 0. The molecule has 0 radical (unpaired) electrons. The minimum atomic E-state index is -1.84. The second-order valence-electron chi connectivity index (χ2n) is 5.14. The number of nitrogens with one attached hydrogen (secondary N) is 1. The quantitative estimate of drug-likeness (QED) is 0.380. The van der Waals surface area contributed by atoms with Crippen molar-refractivity contribution in [2.75, 3.05) is 6.26 Å². The number of ether oxygens (including phenoxy) is 1. The Bertz CT molecular complexity index is 503. The van der Waals surface area contributed by atoms with Crippen molar-refractivity contribution in [1.29, 1.82) is 0 Å². The maximum Gasteiger partial charge on any atom is 0.246 e. The molecule has 1 rings (SSSR count). The summed E-state index contributed by atoms with van der Waals surface area (Å²) in [6, 6.07) is 1.52. The fourth-order valence-corrected chi connectivity index (χ4v) is 1.77. The molecule has 118 valence electrons. The Balaban J connectivity index is 2.91. The number of aromatic nitrogens is 2. The largest absolute Gasteiger partial charge is 0.449 e. The molecule has 0 saturated heterocycles. The van der Waals surface area contributed by atoms with E-state index in [2.05, 4.69) is 15.3 Å². The molecule has 0 aliphatic rings. The minimum Gasteiger partial charge on any atom is -0.449 e. The lowest BCUT2D eigenvalue weighted by molar-refractivity contribution is -0.131. The van der Waals surface area contributed by atoms with Crippen molar-refractivity contribution < 1.29 is 9.53 Å². The lowest BCUT2D eigenvalue weighted by Crippen LogP contribution is -2.51. The molecule has 1 amide bonds. The fourth-order valence-electron chi connectivity index (χ4n) is 1.12. The van der Waals surface area contributed by atoms with Crippen LogP contribution in [-0.4, -0.2) is 32.2 Å². The molecule has 0 aliphatic carbocycles. The van der Waals surface area contributed by atoms with Gasteiger partial charge in [-0.25, -0.2) is 4.98 Å². The number of amides is 1. The van der Waals surface area contributed by atoms with Gasteiger partial charge in [-0.3, -0.25) is 4.79 Å². The van der Waals surface area contributed by atoms with Gasteiger partial charge >= 0.3 is 0 Å². The van der Waals surface area contributed by atoms with Crippen LogP contribution in [0.15, 0.2) is 17.4 Å². The van der Waals surface area contributed by atoms with E-state index in [1.54, 1.807) is 20.8 Å². The Labute approximate surface area is 143 Å². The summed E-state index contributed by atoms with van der Waals surface area (Å²) in [5.41, 5.74) is -0.645. The summed E-state index contributed by atoms with van der Waals surface area (Å²) in [4.78, 5) is 20.2. The molecule has 1 aromatic heterocycles. The monoisotopic (exact) mass is 371 g/mol. The van der Waals surface area contributed by atoms with Crippen LogP contribution in [0.3, 0.4) is 0 Å². The third-order valence-electron chi connectivity index (χ3n) is 2.27. The molecule has 0 bridgehead atoms. The van der Waals surface area contributed by atoms with Crippen molar-refractivity contribution in [2.45, 2.75) is 35.9 Å². The predicted molar refractivity (Wildman–Crippen MR) is 86.1 cm³/mol. The normalized spacial score (nSPS) is 13.7. The molecule has 1 N–H and O–H groups in total. The Morgan fingerprint density at radius 1 is 1.38 bits per heavy atom. The van der Waals surface area contributed by atoms with Gasteiger partial charge in [-0.15, -0.1) is 0 Å². The first kappa shape index (κ1) is 18.6. The molecule has 21 heavy (non-hydrogen) atoms.